The molecule has 0 aromatic heterocycles. The Labute approximate surface area is 121 Å². The van der Waals surface area contributed by atoms with Gasteiger partial charge in [0, 0.05) is 32.7 Å². The standard InChI is InChI=1S/C14H28N2O4/c1-13(16-6-10-18-11-7-16)20-14(2)19-12-5-15-3-8-17-9-4-15/h13-14H,3-12H2,1-2H3. The van der Waals surface area contributed by atoms with Crippen LogP contribution in [0.3, 0.4) is 0 Å². The van der Waals surface area contributed by atoms with E-state index in [4.69, 9.17) is 18.9 Å². The Morgan fingerprint density at radius 2 is 1.55 bits per heavy atom. The summed E-state index contributed by atoms with van der Waals surface area (Å²) in [5.41, 5.74) is 0. The van der Waals surface area contributed by atoms with Gasteiger partial charge in [-0.2, -0.15) is 0 Å². The lowest BCUT2D eigenvalue weighted by Gasteiger charge is -2.33. The predicted molar refractivity (Wildman–Crippen MR) is 75.6 cm³/mol. The summed E-state index contributed by atoms with van der Waals surface area (Å²) < 4.78 is 22.3. The van der Waals surface area contributed by atoms with Gasteiger partial charge in [-0.3, -0.25) is 9.80 Å². The summed E-state index contributed by atoms with van der Waals surface area (Å²) in [6, 6.07) is 0. The highest BCUT2D eigenvalue weighted by atomic mass is 16.7. The molecule has 0 aromatic rings. The first-order valence-electron chi connectivity index (χ1n) is 7.64. The lowest BCUT2D eigenvalue weighted by Crippen LogP contribution is -2.45. The van der Waals surface area contributed by atoms with E-state index in [-0.39, 0.29) is 12.5 Å². The molecular weight excluding hydrogens is 260 g/mol. The normalized spacial score (nSPS) is 25.5. The molecule has 2 aliphatic rings. The van der Waals surface area contributed by atoms with Gasteiger partial charge >= 0.3 is 0 Å². The van der Waals surface area contributed by atoms with Crippen LogP contribution in [0.2, 0.25) is 0 Å². The van der Waals surface area contributed by atoms with Gasteiger partial charge in [0.05, 0.1) is 33.0 Å². The third-order valence-corrected chi connectivity index (χ3v) is 3.81. The predicted octanol–water partition coefficient (Wildman–Crippen LogP) is 0.376. The Balaban J connectivity index is 1.55. The molecule has 0 spiro atoms. The van der Waals surface area contributed by atoms with Gasteiger partial charge in [-0.25, -0.2) is 0 Å². The maximum Gasteiger partial charge on any atom is 0.156 e. The number of hydrogen-bond acceptors (Lipinski definition) is 6. The van der Waals surface area contributed by atoms with Crippen molar-refractivity contribution in [1.82, 2.24) is 9.80 Å². The smallest absolute Gasteiger partial charge is 0.156 e. The van der Waals surface area contributed by atoms with Crippen LogP contribution >= 0.6 is 0 Å². The van der Waals surface area contributed by atoms with E-state index in [0.717, 1.165) is 59.2 Å². The minimum absolute atomic E-state index is 0.0808. The van der Waals surface area contributed by atoms with Gasteiger partial charge in [0.15, 0.2) is 6.29 Å². The fraction of sp³-hybridized carbons (Fsp3) is 1.00. The fourth-order valence-electron chi connectivity index (χ4n) is 2.52. The van der Waals surface area contributed by atoms with E-state index in [1.165, 1.54) is 0 Å². The van der Waals surface area contributed by atoms with E-state index in [2.05, 4.69) is 16.7 Å². The number of ether oxygens (including phenoxy) is 4. The third kappa shape index (κ3) is 5.63. The van der Waals surface area contributed by atoms with E-state index in [0.29, 0.717) is 6.61 Å². The summed E-state index contributed by atoms with van der Waals surface area (Å²) >= 11 is 0. The summed E-state index contributed by atoms with van der Waals surface area (Å²) in [5.74, 6) is 0. The monoisotopic (exact) mass is 288 g/mol. The topological polar surface area (TPSA) is 43.4 Å². The molecule has 2 unspecified atom stereocenters. The second-order valence-electron chi connectivity index (χ2n) is 5.28. The summed E-state index contributed by atoms with van der Waals surface area (Å²) in [4.78, 5) is 4.65. The summed E-state index contributed by atoms with van der Waals surface area (Å²) in [5, 5.41) is 0. The number of nitrogens with zero attached hydrogens (tertiary/aromatic N) is 2. The van der Waals surface area contributed by atoms with Crippen molar-refractivity contribution in [2.24, 2.45) is 0 Å². The molecule has 0 amide bonds. The van der Waals surface area contributed by atoms with Gasteiger partial charge in [-0.15, -0.1) is 0 Å². The van der Waals surface area contributed by atoms with Crippen molar-refractivity contribution in [2.45, 2.75) is 26.4 Å². The second-order valence-corrected chi connectivity index (χ2v) is 5.28. The molecule has 0 aliphatic carbocycles. The number of rotatable bonds is 7. The van der Waals surface area contributed by atoms with Gasteiger partial charge in [0.1, 0.15) is 6.23 Å². The summed E-state index contributed by atoms with van der Waals surface area (Å²) in [7, 11) is 0. The first-order chi connectivity index (χ1) is 9.75. The molecule has 6 nitrogen and oxygen atoms in total. The van der Waals surface area contributed by atoms with Gasteiger partial charge in [-0.1, -0.05) is 0 Å². The molecule has 2 heterocycles. The van der Waals surface area contributed by atoms with Crippen molar-refractivity contribution in [3.05, 3.63) is 0 Å². The van der Waals surface area contributed by atoms with Crippen LogP contribution < -0.4 is 0 Å². The second kappa shape index (κ2) is 8.92. The molecule has 0 aromatic carbocycles. The van der Waals surface area contributed by atoms with Gasteiger partial charge < -0.3 is 18.9 Å². The van der Waals surface area contributed by atoms with Crippen molar-refractivity contribution in [1.29, 1.82) is 0 Å². The molecule has 2 rings (SSSR count). The van der Waals surface area contributed by atoms with E-state index < -0.39 is 0 Å². The molecule has 0 saturated carbocycles. The number of morpholine rings is 2. The average molecular weight is 288 g/mol. The van der Waals surface area contributed by atoms with Crippen LogP contribution in [0.1, 0.15) is 13.8 Å². The Kier molecular flexibility index (Phi) is 7.19. The van der Waals surface area contributed by atoms with Crippen molar-refractivity contribution < 1.29 is 18.9 Å². The quantitative estimate of drug-likeness (QED) is 0.631. The van der Waals surface area contributed by atoms with Crippen molar-refractivity contribution in [3.63, 3.8) is 0 Å². The molecule has 2 fully saturated rings. The minimum atomic E-state index is -0.172. The molecule has 0 N–H and O–H groups in total. The molecule has 118 valence electrons. The first-order valence-corrected chi connectivity index (χ1v) is 7.64. The van der Waals surface area contributed by atoms with Crippen LogP contribution in [0.5, 0.6) is 0 Å². The van der Waals surface area contributed by atoms with E-state index in [1.807, 2.05) is 6.92 Å². The maximum absolute atomic E-state index is 5.88. The maximum atomic E-state index is 5.88. The van der Waals surface area contributed by atoms with Crippen LogP contribution in [0.4, 0.5) is 0 Å². The molecule has 6 heteroatoms. The average Bonchev–Trinajstić information content (AvgIpc) is 2.49. The van der Waals surface area contributed by atoms with Crippen LogP contribution in [-0.4, -0.2) is 88.1 Å². The van der Waals surface area contributed by atoms with Crippen LogP contribution in [0.25, 0.3) is 0 Å². The molecular formula is C14H28N2O4. The third-order valence-electron chi connectivity index (χ3n) is 3.81. The molecule has 0 bridgehead atoms. The number of hydrogen-bond donors (Lipinski definition) is 0. The SMILES string of the molecule is CC(OCCN1CCOCC1)OC(C)N1CCOCC1. The first kappa shape index (κ1) is 16.1. The Bertz CT molecular complexity index is 256. The zero-order valence-electron chi connectivity index (χ0n) is 12.8. The highest BCUT2D eigenvalue weighted by molar-refractivity contribution is 4.64. The minimum Gasteiger partial charge on any atom is -0.379 e. The highest BCUT2D eigenvalue weighted by Gasteiger charge is 2.19. The van der Waals surface area contributed by atoms with E-state index in [1.54, 1.807) is 0 Å². The van der Waals surface area contributed by atoms with Crippen LogP contribution in [0.15, 0.2) is 0 Å². The molecule has 2 atom stereocenters. The lowest BCUT2D eigenvalue weighted by molar-refractivity contribution is -0.202. The van der Waals surface area contributed by atoms with Crippen LogP contribution in [0, 0.1) is 0 Å². The zero-order valence-corrected chi connectivity index (χ0v) is 12.8. The van der Waals surface area contributed by atoms with Gasteiger partial charge in [0.25, 0.3) is 0 Å². The molecule has 2 saturated heterocycles. The van der Waals surface area contributed by atoms with E-state index in [9.17, 15) is 0 Å². The van der Waals surface area contributed by atoms with Crippen molar-refractivity contribution >= 4 is 0 Å². The largest absolute Gasteiger partial charge is 0.379 e. The molecule has 20 heavy (non-hydrogen) atoms. The zero-order chi connectivity index (χ0) is 14.2. The highest BCUT2D eigenvalue weighted by Crippen LogP contribution is 2.08. The lowest BCUT2D eigenvalue weighted by atomic mass is 10.4. The fourth-order valence-corrected chi connectivity index (χ4v) is 2.52. The Morgan fingerprint density at radius 1 is 0.950 bits per heavy atom. The summed E-state index contributed by atoms with van der Waals surface area (Å²) in [6.07, 6.45) is -0.0915. The van der Waals surface area contributed by atoms with Crippen molar-refractivity contribution in [3.8, 4) is 0 Å². The van der Waals surface area contributed by atoms with Gasteiger partial charge in [-0.05, 0) is 13.8 Å². The molecule has 2 aliphatic heterocycles. The Hall–Kier alpha value is -0.240. The van der Waals surface area contributed by atoms with Gasteiger partial charge in [0.2, 0.25) is 0 Å². The Morgan fingerprint density at radius 3 is 2.20 bits per heavy atom. The summed E-state index contributed by atoms with van der Waals surface area (Å²) in [6.45, 7) is 12.8. The molecule has 0 radical (unpaired) electrons. The van der Waals surface area contributed by atoms with Crippen molar-refractivity contribution in [2.75, 3.05) is 65.8 Å². The van der Waals surface area contributed by atoms with E-state index >= 15 is 0 Å². The van der Waals surface area contributed by atoms with Crippen LogP contribution in [-0.2, 0) is 18.9 Å².